The second-order valence-electron chi connectivity index (χ2n) is 7.45. The van der Waals surface area contributed by atoms with Crippen molar-refractivity contribution >= 4 is 17.7 Å². The van der Waals surface area contributed by atoms with Crippen LogP contribution in [0.3, 0.4) is 0 Å². The van der Waals surface area contributed by atoms with E-state index in [1.165, 1.54) is 0 Å². The maximum atomic E-state index is 12.8. The van der Waals surface area contributed by atoms with E-state index in [9.17, 15) is 4.79 Å². The van der Waals surface area contributed by atoms with Crippen molar-refractivity contribution in [1.82, 2.24) is 14.9 Å². The minimum absolute atomic E-state index is 0.142. The standard InChI is InChI=1S/C24H27N3O4S/c1-29-22-13-17(8-9-21(22)31-16-20-7-4-12-30-20)15-26-23(28)18-5-3-6-19(14-18)27-11-10-25-24(27)32-2/h3,5-6,8-11,13-14,20H,4,7,12,15-16H2,1-2H3,(H,26,28). The lowest BCUT2D eigenvalue weighted by Gasteiger charge is -2.15. The molecule has 32 heavy (non-hydrogen) atoms. The van der Waals surface area contributed by atoms with E-state index >= 15 is 0 Å². The van der Waals surface area contributed by atoms with Crippen LogP contribution in [0.5, 0.6) is 11.5 Å². The van der Waals surface area contributed by atoms with Crippen molar-refractivity contribution in [2.75, 3.05) is 26.6 Å². The number of benzene rings is 2. The van der Waals surface area contributed by atoms with Gasteiger partial charge in [0.15, 0.2) is 16.7 Å². The molecule has 1 aromatic heterocycles. The van der Waals surface area contributed by atoms with Gasteiger partial charge in [-0.05, 0) is 55.0 Å². The molecule has 0 saturated carbocycles. The SMILES string of the molecule is COc1cc(CNC(=O)c2cccc(-n3ccnc3SC)c2)ccc1OCC1CCCO1. The lowest BCUT2D eigenvalue weighted by molar-refractivity contribution is 0.0669. The molecule has 1 atom stereocenters. The van der Waals surface area contributed by atoms with E-state index in [-0.39, 0.29) is 12.0 Å². The Morgan fingerprint density at radius 2 is 2.19 bits per heavy atom. The fourth-order valence-electron chi connectivity index (χ4n) is 3.62. The fraction of sp³-hybridized carbons (Fsp3) is 0.333. The third kappa shape index (κ3) is 5.26. The Balaban J connectivity index is 1.39. The van der Waals surface area contributed by atoms with Gasteiger partial charge in [0.1, 0.15) is 6.61 Å². The van der Waals surface area contributed by atoms with Gasteiger partial charge in [0.25, 0.3) is 5.91 Å². The van der Waals surface area contributed by atoms with Gasteiger partial charge in [-0.15, -0.1) is 0 Å². The summed E-state index contributed by atoms with van der Waals surface area (Å²) < 4.78 is 18.9. The highest BCUT2D eigenvalue weighted by molar-refractivity contribution is 7.98. The number of amides is 1. The minimum Gasteiger partial charge on any atom is -0.493 e. The lowest BCUT2D eigenvalue weighted by atomic mass is 10.1. The van der Waals surface area contributed by atoms with Crippen LogP contribution < -0.4 is 14.8 Å². The van der Waals surface area contributed by atoms with Crippen molar-refractivity contribution in [1.29, 1.82) is 0 Å². The first-order valence-corrected chi connectivity index (χ1v) is 11.8. The van der Waals surface area contributed by atoms with Gasteiger partial charge in [-0.1, -0.05) is 23.9 Å². The summed E-state index contributed by atoms with van der Waals surface area (Å²) >= 11 is 1.56. The number of thioether (sulfide) groups is 1. The Hall–Kier alpha value is -2.97. The zero-order chi connectivity index (χ0) is 22.3. The van der Waals surface area contributed by atoms with Gasteiger partial charge in [0.05, 0.1) is 13.2 Å². The summed E-state index contributed by atoms with van der Waals surface area (Å²) in [5, 5.41) is 3.85. The van der Waals surface area contributed by atoms with E-state index in [0.717, 1.165) is 35.9 Å². The quantitative estimate of drug-likeness (QED) is 0.492. The van der Waals surface area contributed by atoms with E-state index in [2.05, 4.69) is 10.3 Å². The van der Waals surface area contributed by atoms with Crippen molar-refractivity contribution < 1.29 is 19.0 Å². The number of nitrogens with zero attached hydrogens (tertiary/aromatic N) is 2. The first-order valence-electron chi connectivity index (χ1n) is 10.5. The molecule has 1 saturated heterocycles. The topological polar surface area (TPSA) is 74.6 Å². The van der Waals surface area contributed by atoms with Crippen LogP contribution in [0.4, 0.5) is 0 Å². The fourth-order valence-corrected chi connectivity index (χ4v) is 4.15. The molecule has 1 unspecified atom stereocenters. The molecule has 7 nitrogen and oxygen atoms in total. The smallest absolute Gasteiger partial charge is 0.251 e. The van der Waals surface area contributed by atoms with Crippen LogP contribution in [-0.4, -0.2) is 48.1 Å². The van der Waals surface area contributed by atoms with E-state index in [1.807, 2.05) is 53.4 Å². The van der Waals surface area contributed by atoms with Gasteiger partial charge in [-0.25, -0.2) is 4.98 Å². The van der Waals surface area contributed by atoms with Crippen molar-refractivity contribution in [2.45, 2.75) is 30.6 Å². The number of ether oxygens (including phenoxy) is 3. The minimum atomic E-state index is -0.143. The molecule has 1 fully saturated rings. The monoisotopic (exact) mass is 453 g/mol. The van der Waals surface area contributed by atoms with Crippen LogP contribution in [0, 0.1) is 0 Å². The van der Waals surface area contributed by atoms with Crippen LogP contribution in [-0.2, 0) is 11.3 Å². The summed E-state index contributed by atoms with van der Waals surface area (Å²) in [6.45, 7) is 1.69. The Labute approximate surface area is 192 Å². The zero-order valence-electron chi connectivity index (χ0n) is 18.2. The lowest BCUT2D eigenvalue weighted by Crippen LogP contribution is -2.23. The molecule has 1 N–H and O–H groups in total. The van der Waals surface area contributed by atoms with Gasteiger partial charge in [0, 0.05) is 36.8 Å². The number of carbonyl (C=O) groups excluding carboxylic acids is 1. The molecule has 0 radical (unpaired) electrons. The van der Waals surface area contributed by atoms with Gasteiger partial charge in [-0.3, -0.25) is 9.36 Å². The Kier molecular flexibility index (Phi) is 7.34. The molecular formula is C24H27N3O4S. The molecule has 4 rings (SSSR count). The first kappa shape index (κ1) is 22.2. The molecule has 168 valence electrons. The third-order valence-corrected chi connectivity index (χ3v) is 5.97. The molecular weight excluding hydrogens is 426 g/mol. The van der Waals surface area contributed by atoms with Crippen molar-refractivity contribution in [2.24, 2.45) is 0 Å². The Morgan fingerprint density at radius 3 is 2.97 bits per heavy atom. The van der Waals surface area contributed by atoms with Crippen molar-refractivity contribution in [3.63, 3.8) is 0 Å². The van der Waals surface area contributed by atoms with Gasteiger partial charge in [0.2, 0.25) is 0 Å². The second kappa shape index (κ2) is 10.6. The third-order valence-electron chi connectivity index (χ3n) is 5.31. The number of rotatable bonds is 9. The molecule has 2 aromatic carbocycles. The zero-order valence-corrected chi connectivity index (χ0v) is 19.1. The summed E-state index contributed by atoms with van der Waals surface area (Å²) in [6, 6.07) is 13.2. The Morgan fingerprint density at radius 1 is 1.28 bits per heavy atom. The van der Waals surface area contributed by atoms with Gasteiger partial charge in [-0.2, -0.15) is 0 Å². The maximum absolute atomic E-state index is 12.8. The molecule has 0 aliphatic carbocycles. The van der Waals surface area contributed by atoms with E-state index in [1.54, 1.807) is 31.1 Å². The number of aromatic nitrogens is 2. The highest BCUT2D eigenvalue weighted by atomic mass is 32.2. The average Bonchev–Trinajstić information content (AvgIpc) is 3.53. The van der Waals surface area contributed by atoms with Crippen LogP contribution in [0.2, 0.25) is 0 Å². The normalized spacial score (nSPS) is 15.5. The predicted octanol–water partition coefficient (Wildman–Crippen LogP) is 4.09. The largest absolute Gasteiger partial charge is 0.493 e. The summed E-state index contributed by atoms with van der Waals surface area (Å²) in [4.78, 5) is 17.1. The molecule has 8 heteroatoms. The second-order valence-corrected chi connectivity index (χ2v) is 8.22. The molecule has 1 amide bonds. The van der Waals surface area contributed by atoms with Crippen molar-refractivity contribution in [3.05, 3.63) is 66.0 Å². The highest BCUT2D eigenvalue weighted by Gasteiger charge is 2.17. The molecule has 0 spiro atoms. The van der Waals surface area contributed by atoms with Crippen LogP contribution in [0.15, 0.2) is 60.0 Å². The molecule has 1 aliphatic rings. The first-order chi connectivity index (χ1) is 15.7. The molecule has 0 bridgehead atoms. The van der Waals surface area contributed by atoms with Crippen molar-refractivity contribution in [3.8, 4) is 17.2 Å². The summed E-state index contributed by atoms with van der Waals surface area (Å²) in [5.41, 5.74) is 2.41. The maximum Gasteiger partial charge on any atom is 0.251 e. The van der Waals surface area contributed by atoms with Gasteiger partial charge >= 0.3 is 0 Å². The van der Waals surface area contributed by atoms with E-state index in [0.29, 0.717) is 30.2 Å². The van der Waals surface area contributed by atoms with Crippen LogP contribution in [0.25, 0.3) is 5.69 Å². The number of nitrogens with one attached hydrogen (secondary N) is 1. The molecule has 2 heterocycles. The average molecular weight is 454 g/mol. The Bertz CT molecular complexity index is 1060. The molecule has 1 aliphatic heterocycles. The number of imidazole rings is 1. The van der Waals surface area contributed by atoms with Crippen LogP contribution in [0.1, 0.15) is 28.8 Å². The number of hydrogen-bond acceptors (Lipinski definition) is 6. The number of hydrogen-bond donors (Lipinski definition) is 1. The number of methoxy groups -OCH3 is 1. The summed E-state index contributed by atoms with van der Waals surface area (Å²) in [6.07, 6.45) is 7.85. The van der Waals surface area contributed by atoms with E-state index in [4.69, 9.17) is 14.2 Å². The van der Waals surface area contributed by atoms with E-state index < -0.39 is 0 Å². The van der Waals surface area contributed by atoms with Gasteiger partial charge < -0.3 is 19.5 Å². The highest BCUT2D eigenvalue weighted by Crippen LogP contribution is 2.29. The predicted molar refractivity (Wildman–Crippen MR) is 124 cm³/mol. The molecule has 3 aromatic rings. The van der Waals surface area contributed by atoms with Crippen LogP contribution >= 0.6 is 11.8 Å². The summed E-state index contributed by atoms with van der Waals surface area (Å²) in [5.74, 6) is 1.17. The number of carbonyl (C=O) groups is 1. The summed E-state index contributed by atoms with van der Waals surface area (Å²) in [7, 11) is 1.61.